The number of rotatable bonds is 4. The highest BCUT2D eigenvalue weighted by Gasteiger charge is 2.08. The Morgan fingerprint density at radius 1 is 0.792 bits per heavy atom. The van der Waals surface area contributed by atoms with Crippen molar-refractivity contribution < 1.29 is 17.6 Å². The lowest BCUT2D eigenvalue weighted by atomic mass is 10.3. The van der Waals surface area contributed by atoms with Crippen molar-refractivity contribution >= 4 is 23.1 Å². The summed E-state index contributed by atoms with van der Waals surface area (Å²) in [4.78, 5) is 4.01. The van der Waals surface area contributed by atoms with Gasteiger partial charge in [0.15, 0.2) is 17.5 Å². The molecule has 24 heavy (non-hydrogen) atoms. The van der Waals surface area contributed by atoms with Gasteiger partial charge in [-0.25, -0.2) is 17.6 Å². The monoisotopic (exact) mass is 335 g/mol. The first-order valence-corrected chi connectivity index (χ1v) is 6.65. The summed E-state index contributed by atoms with van der Waals surface area (Å²) in [5.74, 6) is -3.43. The molecule has 0 spiro atoms. The van der Waals surface area contributed by atoms with E-state index in [2.05, 4.69) is 25.8 Å². The van der Waals surface area contributed by atoms with E-state index in [4.69, 9.17) is 0 Å². The minimum Gasteiger partial charge on any atom is -0.339 e. The molecular formula is C15H9F4N5. The van der Waals surface area contributed by atoms with Crippen molar-refractivity contribution in [3.05, 3.63) is 65.9 Å². The topological polar surface area (TPSA) is 62.7 Å². The summed E-state index contributed by atoms with van der Waals surface area (Å²) in [6, 6.07) is 6.18. The van der Waals surface area contributed by atoms with Crippen LogP contribution in [-0.4, -0.2) is 15.2 Å². The summed E-state index contributed by atoms with van der Waals surface area (Å²) in [7, 11) is 0. The molecule has 0 amide bonds. The van der Waals surface area contributed by atoms with Crippen molar-refractivity contribution in [2.45, 2.75) is 0 Å². The number of aromatic nitrogens is 3. The largest absolute Gasteiger partial charge is 0.339 e. The zero-order chi connectivity index (χ0) is 17.1. The van der Waals surface area contributed by atoms with E-state index in [1.807, 2.05) is 0 Å². The molecule has 3 rings (SSSR count). The SMILES string of the molecule is Fc1ccc(Nc2nncc(Nc3ccc(F)c(F)c3)n2)c(F)c1. The predicted octanol–water partition coefficient (Wildman–Crippen LogP) is 3.92. The number of anilines is 4. The molecule has 2 aromatic carbocycles. The molecule has 0 radical (unpaired) electrons. The maximum atomic E-state index is 13.6. The molecule has 1 aromatic heterocycles. The van der Waals surface area contributed by atoms with Gasteiger partial charge in [-0.2, -0.15) is 10.1 Å². The Morgan fingerprint density at radius 2 is 1.62 bits per heavy atom. The third-order valence-electron chi connectivity index (χ3n) is 2.93. The predicted molar refractivity (Wildman–Crippen MR) is 79.1 cm³/mol. The van der Waals surface area contributed by atoms with Gasteiger partial charge in [0.2, 0.25) is 5.95 Å². The highest BCUT2D eigenvalue weighted by Crippen LogP contribution is 2.20. The Bertz CT molecular complexity index is 887. The molecule has 0 fully saturated rings. The van der Waals surface area contributed by atoms with Crippen molar-refractivity contribution in [3.8, 4) is 0 Å². The van der Waals surface area contributed by atoms with Crippen LogP contribution in [0.15, 0.2) is 42.6 Å². The standard InChI is InChI=1S/C15H9F4N5/c16-8-1-4-13(12(19)5-8)22-15-23-14(7-20-24-15)21-9-2-3-10(17)11(18)6-9/h1-7H,(H2,21,22,23,24). The minimum absolute atomic E-state index is 0.0387. The lowest BCUT2D eigenvalue weighted by molar-refractivity contribution is 0.509. The molecule has 0 bridgehead atoms. The molecule has 0 unspecified atom stereocenters. The van der Waals surface area contributed by atoms with Crippen molar-refractivity contribution in [2.24, 2.45) is 0 Å². The van der Waals surface area contributed by atoms with Crippen LogP contribution in [0.4, 0.5) is 40.7 Å². The van der Waals surface area contributed by atoms with E-state index in [1.165, 1.54) is 18.3 Å². The van der Waals surface area contributed by atoms with Gasteiger partial charge in [-0.05, 0) is 24.3 Å². The van der Waals surface area contributed by atoms with Crippen LogP contribution in [0, 0.1) is 23.3 Å². The van der Waals surface area contributed by atoms with E-state index in [-0.39, 0.29) is 23.1 Å². The van der Waals surface area contributed by atoms with Gasteiger partial charge >= 0.3 is 0 Å². The summed E-state index contributed by atoms with van der Waals surface area (Å²) in [6.45, 7) is 0. The van der Waals surface area contributed by atoms with Crippen LogP contribution in [0.3, 0.4) is 0 Å². The van der Waals surface area contributed by atoms with Crippen LogP contribution in [0.25, 0.3) is 0 Å². The summed E-state index contributed by atoms with van der Waals surface area (Å²) >= 11 is 0. The van der Waals surface area contributed by atoms with E-state index in [0.29, 0.717) is 6.07 Å². The van der Waals surface area contributed by atoms with E-state index >= 15 is 0 Å². The zero-order valence-corrected chi connectivity index (χ0v) is 11.9. The zero-order valence-electron chi connectivity index (χ0n) is 11.9. The number of hydrogen-bond acceptors (Lipinski definition) is 5. The molecule has 0 aliphatic heterocycles. The van der Waals surface area contributed by atoms with Crippen LogP contribution in [0.5, 0.6) is 0 Å². The summed E-state index contributed by atoms with van der Waals surface area (Å²) in [6.07, 6.45) is 1.24. The van der Waals surface area contributed by atoms with E-state index < -0.39 is 23.3 Å². The third-order valence-corrected chi connectivity index (χ3v) is 2.93. The molecule has 2 N–H and O–H groups in total. The first-order valence-electron chi connectivity index (χ1n) is 6.65. The second-order valence-corrected chi connectivity index (χ2v) is 4.67. The van der Waals surface area contributed by atoms with Crippen molar-refractivity contribution in [2.75, 3.05) is 10.6 Å². The van der Waals surface area contributed by atoms with Crippen LogP contribution in [-0.2, 0) is 0 Å². The number of benzene rings is 2. The summed E-state index contributed by atoms with van der Waals surface area (Å²) < 4.78 is 52.5. The molecule has 0 saturated carbocycles. The molecule has 5 nitrogen and oxygen atoms in total. The van der Waals surface area contributed by atoms with Gasteiger partial charge in [0.05, 0.1) is 11.9 Å². The maximum Gasteiger partial charge on any atom is 0.249 e. The van der Waals surface area contributed by atoms with Crippen molar-refractivity contribution in [1.29, 1.82) is 0 Å². The molecule has 1 heterocycles. The molecule has 9 heteroatoms. The number of nitrogens with zero attached hydrogens (tertiary/aromatic N) is 3. The Balaban J connectivity index is 1.79. The van der Waals surface area contributed by atoms with Crippen molar-refractivity contribution in [1.82, 2.24) is 15.2 Å². The molecule has 0 atom stereocenters. The molecule has 0 aliphatic rings. The van der Waals surface area contributed by atoms with Gasteiger partial charge in [-0.3, -0.25) is 0 Å². The Morgan fingerprint density at radius 3 is 2.38 bits per heavy atom. The van der Waals surface area contributed by atoms with E-state index in [9.17, 15) is 17.6 Å². The average molecular weight is 335 g/mol. The second kappa shape index (κ2) is 6.49. The molecule has 3 aromatic rings. The lowest BCUT2D eigenvalue weighted by Gasteiger charge is -2.08. The van der Waals surface area contributed by atoms with Gasteiger partial charge in [0.1, 0.15) is 11.6 Å². The molecule has 122 valence electrons. The smallest absolute Gasteiger partial charge is 0.249 e. The first kappa shape index (κ1) is 15.7. The Hall–Kier alpha value is -3.23. The van der Waals surface area contributed by atoms with Crippen LogP contribution in [0.2, 0.25) is 0 Å². The maximum absolute atomic E-state index is 13.6. The fourth-order valence-corrected chi connectivity index (χ4v) is 1.85. The molecule has 0 saturated heterocycles. The minimum atomic E-state index is -1.02. The van der Waals surface area contributed by atoms with E-state index in [0.717, 1.165) is 18.2 Å². The van der Waals surface area contributed by atoms with E-state index in [1.54, 1.807) is 0 Å². The highest BCUT2D eigenvalue weighted by atomic mass is 19.2. The van der Waals surface area contributed by atoms with Crippen LogP contribution in [0.1, 0.15) is 0 Å². The van der Waals surface area contributed by atoms with Gasteiger partial charge in [0.25, 0.3) is 0 Å². The summed E-state index contributed by atoms with van der Waals surface area (Å²) in [5, 5.41) is 12.6. The highest BCUT2D eigenvalue weighted by molar-refractivity contribution is 5.58. The number of halogens is 4. The van der Waals surface area contributed by atoms with Crippen LogP contribution >= 0.6 is 0 Å². The number of hydrogen-bond donors (Lipinski definition) is 2. The lowest BCUT2D eigenvalue weighted by Crippen LogP contribution is -2.04. The van der Waals surface area contributed by atoms with Gasteiger partial charge in [-0.1, -0.05) is 0 Å². The second-order valence-electron chi connectivity index (χ2n) is 4.67. The van der Waals surface area contributed by atoms with Crippen molar-refractivity contribution in [3.63, 3.8) is 0 Å². The number of nitrogens with one attached hydrogen (secondary N) is 2. The van der Waals surface area contributed by atoms with Gasteiger partial charge in [-0.15, -0.1) is 5.10 Å². The third kappa shape index (κ3) is 3.57. The van der Waals surface area contributed by atoms with Gasteiger partial charge < -0.3 is 10.6 Å². The van der Waals surface area contributed by atoms with Crippen LogP contribution < -0.4 is 10.6 Å². The fourth-order valence-electron chi connectivity index (χ4n) is 1.85. The first-order chi connectivity index (χ1) is 11.5. The Labute approximate surface area is 133 Å². The fraction of sp³-hybridized carbons (Fsp3) is 0. The Kier molecular flexibility index (Phi) is 4.23. The summed E-state index contributed by atoms with van der Waals surface area (Å²) in [5.41, 5.74) is 0.205. The quantitative estimate of drug-likeness (QED) is 0.708. The van der Waals surface area contributed by atoms with Gasteiger partial charge in [0, 0.05) is 17.8 Å². The molecular weight excluding hydrogens is 326 g/mol. The normalized spacial score (nSPS) is 10.5. The average Bonchev–Trinajstić information content (AvgIpc) is 2.54. The molecule has 0 aliphatic carbocycles.